The number of likely N-dealkylation sites (N-methyl/N-ethyl adjacent to an activating group) is 1. The van der Waals surface area contributed by atoms with Gasteiger partial charge in [0.05, 0.1) is 25.3 Å². The van der Waals surface area contributed by atoms with Gasteiger partial charge in [-0.1, -0.05) is 63.9 Å². The minimum atomic E-state index is -1.86. The molecule has 68 heavy (non-hydrogen) atoms. The number of anilines is 1. The van der Waals surface area contributed by atoms with Gasteiger partial charge in [0.2, 0.25) is 17.7 Å². The fourth-order valence-corrected chi connectivity index (χ4v) is 11.0. The van der Waals surface area contributed by atoms with E-state index in [-0.39, 0.29) is 53.8 Å². The SMILES string of the molecule is COc1cc2cc(c1Cl)N(C)C(=O)C[C@H](OC(=O)[C@H](C)N(C)C(=O)CCC(C)(C)SSCCNC(=O)CCN1C(=O)C=CC1=O)[C@]1(C)O[C@H]1[C@H](C)C1C[C@@](O)(NC(=O)O1)[C@H](OC)/C=C/C=C(\C)C2. The summed E-state index contributed by atoms with van der Waals surface area (Å²) in [6, 6.07) is 2.49. The number of allylic oxidation sites excluding steroid dienone is 3. The summed E-state index contributed by atoms with van der Waals surface area (Å²) in [5, 5.41) is 17.3. The molecule has 2 fully saturated rings. The number of halogens is 1. The number of methoxy groups -OCH3 is 2. The van der Waals surface area contributed by atoms with Crippen LogP contribution in [-0.2, 0) is 54.1 Å². The summed E-state index contributed by atoms with van der Waals surface area (Å²) < 4.78 is 29.1. The zero-order valence-electron chi connectivity index (χ0n) is 40.3. The summed E-state index contributed by atoms with van der Waals surface area (Å²) in [6.45, 7) is 11.3. The predicted molar refractivity (Wildman–Crippen MR) is 258 cm³/mol. The number of esters is 1. The number of nitrogens with zero attached hydrogens (tertiary/aromatic N) is 3. The van der Waals surface area contributed by atoms with E-state index in [4.69, 9.17) is 35.3 Å². The Hall–Kier alpha value is -4.60. The number of aliphatic hydroxyl groups is 1. The van der Waals surface area contributed by atoms with E-state index >= 15 is 0 Å². The predicted octanol–water partition coefficient (Wildman–Crippen LogP) is 4.89. The molecule has 3 N–H and O–H groups in total. The maximum Gasteiger partial charge on any atom is 0.409 e. The van der Waals surface area contributed by atoms with Gasteiger partial charge in [0.15, 0.2) is 5.72 Å². The lowest BCUT2D eigenvalue weighted by molar-refractivity contribution is -0.162. The fraction of sp³-hybridized carbons (Fsp3) is 0.596. The molecule has 21 heteroatoms. The van der Waals surface area contributed by atoms with Crippen molar-refractivity contribution in [2.75, 3.05) is 52.1 Å². The van der Waals surface area contributed by atoms with E-state index in [0.29, 0.717) is 36.6 Å². The standard InChI is InChI=1S/C47H64ClN5O13S2/c1-27-12-11-13-34(63-10)47(61)26-33(64-44(60)50-47)28(2)42-46(6,66-42)35(25-40(58)52(8)31-23-30(22-27)24-32(62-9)41(31)48)65-43(59)29(3)51(7)37(55)16-18-45(4,5)68-67-21-19-49-36(54)17-20-53-38(56)14-15-39(53)57/h11-15,23-24,28-29,33-35,42,61H,16-22,25-26H2,1-10H3,(H,49,54)(H,50,60)/b13-11+,27-12+/t28-,29+,33?,34-,35+,42+,46+,47+/m1/s1. The quantitative estimate of drug-likeness (QED) is 0.0660. The second kappa shape index (κ2) is 22.9. The molecule has 4 aliphatic rings. The number of rotatable bonds is 16. The molecule has 4 bridgehead atoms. The molecular formula is C47H64ClN5O13S2. The monoisotopic (exact) mass is 1010 g/mol. The number of epoxide rings is 1. The zero-order valence-corrected chi connectivity index (χ0v) is 42.6. The summed E-state index contributed by atoms with van der Waals surface area (Å²) >= 11 is 6.81. The minimum Gasteiger partial charge on any atom is -0.495 e. The molecule has 1 unspecified atom stereocenters. The van der Waals surface area contributed by atoms with Gasteiger partial charge in [-0.25, -0.2) is 9.59 Å². The van der Waals surface area contributed by atoms with E-state index in [9.17, 15) is 38.7 Å². The molecule has 8 atom stereocenters. The number of benzene rings is 1. The zero-order chi connectivity index (χ0) is 50.3. The molecule has 1 aromatic rings. The molecule has 6 amide bonds. The normalized spacial score (nSPS) is 28.1. The molecule has 18 nitrogen and oxygen atoms in total. The first-order valence-electron chi connectivity index (χ1n) is 22.4. The molecule has 4 heterocycles. The lowest BCUT2D eigenvalue weighted by Crippen LogP contribution is -2.63. The van der Waals surface area contributed by atoms with E-state index in [1.54, 1.807) is 62.9 Å². The van der Waals surface area contributed by atoms with E-state index in [2.05, 4.69) is 10.6 Å². The number of hydrogen-bond acceptors (Lipinski definition) is 15. The highest BCUT2D eigenvalue weighted by Gasteiger charge is 2.64. The Morgan fingerprint density at radius 2 is 1.82 bits per heavy atom. The molecule has 2 saturated heterocycles. The number of hydrogen-bond donors (Lipinski definition) is 3. The Balaban J connectivity index is 1.26. The van der Waals surface area contributed by atoms with Crippen LogP contribution in [0.3, 0.4) is 0 Å². The first-order chi connectivity index (χ1) is 31.9. The van der Waals surface area contributed by atoms with Crippen LogP contribution < -0.4 is 20.3 Å². The molecule has 374 valence electrons. The first kappa shape index (κ1) is 54.3. The number of nitrogens with one attached hydrogen (secondary N) is 2. The minimum absolute atomic E-state index is 0.00275. The highest BCUT2D eigenvalue weighted by Crippen LogP contribution is 2.49. The van der Waals surface area contributed by atoms with Crippen molar-refractivity contribution in [3.8, 4) is 5.75 Å². The lowest BCUT2D eigenvalue weighted by Gasteiger charge is -2.42. The van der Waals surface area contributed by atoms with Gasteiger partial charge < -0.3 is 43.9 Å². The van der Waals surface area contributed by atoms with Crippen molar-refractivity contribution in [2.45, 2.75) is 127 Å². The molecule has 0 aliphatic carbocycles. The fourth-order valence-electron chi connectivity index (χ4n) is 8.23. The highest BCUT2D eigenvalue weighted by atomic mass is 35.5. The van der Waals surface area contributed by atoms with Crippen LogP contribution in [-0.4, -0.2) is 150 Å². The van der Waals surface area contributed by atoms with E-state index in [1.807, 2.05) is 26.8 Å². The van der Waals surface area contributed by atoms with Crippen LogP contribution in [0.1, 0.15) is 79.2 Å². The molecule has 5 rings (SSSR count). The first-order valence-corrected chi connectivity index (χ1v) is 25.1. The number of imide groups is 1. The molecule has 1 aromatic carbocycles. The van der Waals surface area contributed by atoms with Gasteiger partial charge in [0, 0.05) is 82.1 Å². The van der Waals surface area contributed by atoms with Crippen LogP contribution in [0.25, 0.3) is 0 Å². The third-order valence-corrected chi connectivity index (χ3v) is 16.5. The second-order valence-corrected chi connectivity index (χ2v) is 21.8. The lowest BCUT2D eigenvalue weighted by atomic mass is 9.83. The summed E-state index contributed by atoms with van der Waals surface area (Å²) in [4.78, 5) is 94.4. The van der Waals surface area contributed by atoms with Crippen LogP contribution in [0, 0.1) is 5.92 Å². The topological polar surface area (TPSA) is 223 Å². The van der Waals surface area contributed by atoms with Gasteiger partial charge >= 0.3 is 12.1 Å². The Morgan fingerprint density at radius 1 is 1.13 bits per heavy atom. The van der Waals surface area contributed by atoms with Gasteiger partial charge in [-0.15, -0.1) is 0 Å². The van der Waals surface area contributed by atoms with Crippen molar-refractivity contribution in [1.29, 1.82) is 0 Å². The van der Waals surface area contributed by atoms with Crippen LogP contribution in [0.5, 0.6) is 5.75 Å². The second-order valence-electron chi connectivity index (χ2n) is 18.3. The summed E-state index contributed by atoms with van der Waals surface area (Å²) in [5.74, 6) is -2.34. The molecule has 0 saturated carbocycles. The van der Waals surface area contributed by atoms with Crippen LogP contribution in [0.2, 0.25) is 5.02 Å². The van der Waals surface area contributed by atoms with Gasteiger partial charge in [-0.3, -0.25) is 34.2 Å². The molecule has 0 radical (unpaired) electrons. The summed E-state index contributed by atoms with van der Waals surface area (Å²) in [7, 11) is 9.06. The number of ether oxygens (including phenoxy) is 5. The molecule has 0 spiro atoms. The van der Waals surface area contributed by atoms with Crippen LogP contribution >= 0.6 is 33.2 Å². The average molecular weight is 1010 g/mol. The Kier molecular flexibility index (Phi) is 18.3. The number of carbonyl (C=O) groups excluding carboxylic acids is 7. The van der Waals surface area contributed by atoms with Crippen LogP contribution in [0.4, 0.5) is 10.5 Å². The van der Waals surface area contributed by atoms with E-state index in [1.165, 1.54) is 54.0 Å². The van der Waals surface area contributed by atoms with Gasteiger partial charge in [-0.05, 0) is 65.2 Å². The largest absolute Gasteiger partial charge is 0.495 e. The Labute approximate surface area is 410 Å². The maximum atomic E-state index is 14.3. The molecular weight excluding hydrogens is 942 g/mol. The Bertz CT molecular complexity index is 2190. The number of amides is 6. The summed E-state index contributed by atoms with van der Waals surface area (Å²) in [6.07, 6.45) is 3.52. The van der Waals surface area contributed by atoms with Crippen molar-refractivity contribution in [1.82, 2.24) is 20.4 Å². The van der Waals surface area contributed by atoms with Crippen molar-refractivity contribution in [3.63, 3.8) is 0 Å². The third-order valence-electron chi connectivity index (χ3n) is 12.7. The van der Waals surface area contributed by atoms with Gasteiger partial charge in [0.25, 0.3) is 11.8 Å². The van der Waals surface area contributed by atoms with Crippen molar-refractivity contribution in [3.05, 3.63) is 58.7 Å². The number of alkyl carbamates (subject to hydrolysis) is 1. The van der Waals surface area contributed by atoms with Gasteiger partial charge in [-0.2, -0.15) is 0 Å². The molecule has 0 aromatic heterocycles. The van der Waals surface area contributed by atoms with Crippen molar-refractivity contribution in [2.24, 2.45) is 5.92 Å². The average Bonchev–Trinajstić information content (AvgIpc) is 3.88. The molecule has 4 aliphatic heterocycles. The smallest absolute Gasteiger partial charge is 0.409 e. The van der Waals surface area contributed by atoms with Crippen molar-refractivity contribution < 1.29 is 62.4 Å². The third kappa shape index (κ3) is 13.4. The Morgan fingerprint density at radius 3 is 2.49 bits per heavy atom. The number of carbonyl (C=O) groups is 7. The maximum absolute atomic E-state index is 14.3. The number of fused-ring (bicyclic) bond motifs is 5. The van der Waals surface area contributed by atoms with E-state index < -0.39 is 77.5 Å². The van der Waals surface area contributed by atoms with Crippen molar-refractivity contribution >= 4 is 80.5 Å². The van der Waals surface area contributed by atoms with E-state index in [0.717, 1.165) is 16.0 Å². The van der Waals surface area contributed by atoms with Crippen LogP contribution in [0.15, 0.2) is 48.1 Å². The van der Waals surface area contributed by atoms with Gasteiger partial charge in [0.1, 0.15) is 40.7 Å². The summed E-state index contributed by atoms with van der Waals surface area (Å²) in [5.41, 5.74) is -1.08. The highest BCUT2D eigenvalue weighted by molar-refractivity contribution is 8.77.